The second-order valence-electron chi connectivity index (χ2n) is 5.72. The van der Waals surface area contributed by atoms with E-state index in [9.17, 15) is 22.4 Å². The zero-order valence-electron chi connectivity index (χ0n) is 12.1. The zero-order chi connectivity index (χ0) is 16.4. The molecule has 1 rings (SSSR count). The Balaban J connectivity index is 3.07. The fourth-order valence-electron chi connectivity index (χ4n) is 1.85. The smallest absolute Gasteiger partial charge is 0.341 e. The van der Waals surface area contributed by atoms with Gasteiger partial charge in [-0.1, -0.05) is 13.8 Å². The summed E-state index contributed by atoms with van der Waals surface area (Å²) in [5.41, 5.74) is 3.48. The van der Waals surface area contributed by atoms with Crippen LogP contribution in [-0.2, 0) is 6.18 Å². The van der Waals surface area contributed by atoms with Gasteiger partial charge in [0, 0.05) is 13.6 Å². The van der Waals surface area contributed by atoms with Crippen molar-refractivity contribution in [3.8, 4) is 0 Å². The number of hydrogen-bond acceptors (Lipinski definition) is 2. The number of benzene rings is 1. The molecule has 21 heavy (non-hydrogen) atoms. The molecule has 118 valence electrons. The lowest BCUT2D eigenvalue weighted by Gasteiger charge is -2.29. The van der Waals surface area contributed by atoms with Gasteiger partial charge in [-0.25, -0.2) is 4.39 Å². The van der Waals surface area contributed by atoms with Gasteiger partial charge in [0.15, 0.2) is 0 Å². The summed E-state index contributed by atoms with van der Waals surface area (Å²) in [6, 6.07) is 1.79. The van der Waals surface area contributed by atoms with Crippen LogP contribution in [0.4, 0.5) is 17.6 Å². The summed E-state index contributed by atoms with van der Waals surface area (Å²) in [6.45, 7) is 4.10. The van der Waals surface area contributed by atoms with Crippen LogP contribution in [0.5, 0.6) is 0 Å². The lowest BCUT2D eigenvalue weighted by molar-refractivity contribution is -0.137. The average Bonchev–Trinajstić information content (AvgIpc) is 2.36. The first kappa shape index (κ1) is 17.4. The van der Waals surface area contributed by atoms with E-state index in [2.05, 4.69) is 0 Å². The van der Waals surface area contributed by atoms with Gasteiger partial charge in [0.2, 0.25) is 0 Å². The second kappa shape index (κ2) is 6.01. The number of nitrogens with zero attached hydrogens (tertiary/aromatic N) is 1. The van der Waals surface area contributed by atoms with Crippen molar-refractivity contribution in [2.75, 3.05) is 20.1 Å². The number of rotatable bonds is 4. The monoisotopic (exact) mass is 306 g/mol. The molecule has 1 amide bonds. The molecule has 0 saturated carbocycles. The number of halogens is 4. The molecule has 0 unspecified atom stereocenters. The highest BCUT2D eigenvalue weighted by atomic mass is 19.4. The third-order valence-corrected chi connectivity index (χ3v) is 3.09. The quantitative estimate of drug-likeness (QED) is 0.869. The molecule has 1 aromatic rings. The van der Waals surface area contributed by atoms with Crippen LogP contribution in [0.1, 0.15) is 29.8 Å². The Kier molecular flexibility index (Phi) is 4.99. The molecule has 0 bridgehead atoms. The molecule has 0 saturated heterocycles. The second-order valence-corrected chi connectivity index (χ2v) is 5.72. The Bertz CT molecular complexity index is 526. The third-order valence-electron chi connectivity index (χ3n) is 3.09. The van der Waals surface area contributed by atoms with Gasteiger partial charge in [-0.15, -0.1) is 0 Å². The van der Waals surface area contributed by atoms with Crippen LogP contribution >= 0.6 is 0 Å². The standard InChI is InChI=1S/C14H18F4N2O/c1-13(2,7-19)8-20(3)12(21)10-6-9(14(16,17)18)4-5-11(10)15/h4-6H,7-8,19H2,1-3H3. The summed E-state index contributed by atoms with van der Waals surface area (Å²) < 4.78 is 51.5. The van der Waals surface area contributed by atoms with Crippen molar-refractivity contribution in [1.82, 2.24) is 4.90 Å². The lowest BCUT2D eigenvalue weighted by Crippen LogP contribution is -2.40. The average molecular weight is 306 g/mol. The number of alkyl halides is 3. The fraction of sp³-hybridized carbons (Fsp3) is 0.500. The van der Waals surface area contributed by atoms with E-state index in [-0.39, 0.29) is 13.1 Å². The largest absolute Gasteiger partial charge is 0.416 e. The number of carbonyl (C=O) groups is 1. The number of carbonyl (C=O) groups excluding carboxylic acids is 1. The van der Waals surface area contributed by atoms with Crippen molar-refractivity contribution in [3.05, 3.63) is 35.1 Å². The Morgan fingerprint density at radius 3 is 2.33 bits per heavy atom. The summed E-state index contributed by atoms with van der Waals surface area (Å²) in [6.07, 6.45) is -4.63. The summed E-state index contributed by atoms with van der Waals surface area (Å²) in [7, 11) is 1.40. The first-order chi connectivity index (χ1) is 9.48. The number of amides is 1. The van der Waals surface area contributed by atoms with Crippen LogP contribution in [0, 0.1) is 11.2 Å². The molecule has 0 radical (unpaired) electrons. The van der Waals surface area contributed by atoms with Crippen LogP contribution in [0.2, 0.25) is 0 Å². The van der Waals surface area contributed by atoms with Gasteiger partial charge in [0.1, 0.15) is 5.82 Å². The molecular formula is C14H18F4N2O. The maximum atomic E-state index is 13.6. The van der Waals surface area contributed by atoms with E-state index >= 15 is 0 Å². The van der Waals surface area contributed by atoms with Gasteiger partial charge in [-0.3, -0.25) is 4.79 Å². The summed E-state index contributed by atoms with van der Waals surface area (Å²) >= 11 is 0. The molecule has 0 spiro atoms. The molecule has 1 aromatic carbocycles. The number of nitrogens with two attached hydrogens (primary N) is 1. The van der Waals surface area contributed by atoms with Crippen molar-refractivity contribution in [3.63, 3.8) is 0 Å². The fourth-order valence-corrected chi connectivity index (χ4v) is 1.85. The van der Waals surface area contributed by atoms with Crippen LogP contribution in [0.15, 0.2) is 18.2 Å². The highest BCUT2D eigenvalue weighted by Gasteiger charge is 2.32. The summed E-state index contributed by atoms with van der Waals surface area (Å²) in [4.78, 5) is 13.3. The topological polar surface area (TPSA) is 46.3 Å². The molecule has 0 aliphatic heterocycles. The molecule has 0 heterocycles. The predicted molar refractivity (Wildman–Crippen MR) is 71.2 cm³/mol. The molecule has 0 aliphatic rings. The van der Waals surface area contributed by atoms with E-state index in [1.165, 1.54) is 11.9 Å². The minimum Gasteiger partial charge on any atom is -0.341 e. The molecule has 3 nitrogen and oxygen atoms in total. The van der Waals surface area contributed by atoms with Crippen LogP contribution in [0.25, 0.3) is 0 Å². The zero-order valence-corrected chi connectivity index (χ0v) is 12.1. The Morgan fingerprint density at radius 2 is 1.86 bits per heavy atom. The first-order valence-corrected chi connectivity index (χ1v) is 6.30. The summed E-state index contributed by atoms with van der Waals surface area (Å²) in [5.74, 6) is -1.79. The van der Waals surface area contributed by atoms with Gasteiger partial charge >= 0.3 is 6.18 Å². The molecule has 0 aliphatic carbocycles. The minimum absolute atomic E-state index is 0.206. The van der Waals surface area contributed by atoms with Gasteiger partial charge in [-0.05, 0) is 30.2 Å². The number of hydrogen-bond donors (Lipinski definition) is 1. The normalized spacial score (nSPS) is 12.4. The Labute approximate surface area is 120 Å². The molecule has 0 atom stereocenters. The van der Waals surface area contributed by atoms with Crippen molar-refractivity contribution in [1.29, 1.82) is 0 Å². The maximum Gasteiger partial charge on any atom is 0.416 e. The van der Waals surface area contributed by atoms with Gasteiger partial charge in [-0.2, -0.15) is 13.2 Å². The van der Waals surface area contributed by atoms with Gasteiger partial charge in [0.05, 0.1) is 11.1 Å². The van der Waals surface area contributed by atoms with Crippen LogP contribution < -0.4 is 5.73 Å². The van der Waals surface area contributed by atoms with E-state index < -0.39 is 34.4 Å². The molecular weight excluding hydrogens is 288 g/mol. The maximum absolute atomic E-state index is 13.6. The first-order valence-electron chi connectivity index (χ1n) is 6.30. The van der Waals surface area contributed by atoms with E-state index in [0.717, 1.165) is 0 Å². The highest BCUT2D eigenvalue weighted by molar-refractivity contribution is 5.94. The van der Waals surface area contributed by atoms with Crippen molar-refractivity contribution < 1.29 is 22.4 Å². The minimum atomic E-state index is -4.63. The molecule has 0 aromatic heterocycles. The lowest BCUT2D eigenvalue weighted by atomic mass is 9.93. The van der Waals surface area contributed by atoms with Crippen molar-refractivity contribution >= 4 is 5.91 Å². The molecule has 2 N–H and O–H groups in total. The highest BCUT2D eigenvalue weighted by Crippen LogP contribution is 2.30. The van der Waals surface area contributed by atoms with Crippen molar-refractivity contribution in [2.45, 2.75) is 20.0 Å². The Hall–Kier alpha value is -1.63. The molecule has 7 heteroatoms. The summed E-state index contributed by atoms with van der Waals surface area (Å²) in [5, 5.41) is 0. The van der Waals surface area contributed by atoms with E-state index in [1.54, 1.807) is 13.8 Å². The Morgan fingerprint density at radius 1 is 1.29 bits per heavy atom. The van der Waals surface area contributed by atoms with E-state index in [4.69, 9.17) is 5.73 Å². The molecule has 0 fully saturated rings. The van der Waals surface area contributed by atoms with Crippen LogP contribution in [-0.4, -0.2) is 30.9 Å². The van der Waals surface area contributed by atoms with E-state index in [0.29, 0.717) is 18.2 Å². The van der Waals surface area contributed by atoms with Gasteiger partial charge in [0.25, 0.3) is 5.91 Å². The van der Waals surface area contributed by atoms with E-state index in [1.807, 2.05) is 0 Å². The predicted octanol–water partition coefficient (Wildman–Crippen LogP) is 2.90. The third kappa shape index (κ3) is 4.42. The SMILES string of the molecule is CN(CC(C)(C)CN)C(=O)c1cc(C(F)(F)F)ccc1F. The van der Waals surface area contributed by atoms with Crippen molar-refractivity contribution in [2.24, 2.45) is 11.1 Å². The van der Waals surface area contributed by atoms with Gasteiger partial charge < -0.3 is 10.6 Å². The van der Waals surface area contributed by atoms with Crippen LogP contribution in [0.3, 0.4) is 0 Å².